The molecule has 1 aliphatic heterocycles. The number of nitrogens with one attached hydrogen (secondary N) is 2. The number of benzene rings is 1. The maximum Gasteiger partial charge on any atom is 0.323 e. The van der Waals surface area contributed by atoms with E-state index in [0.29, 0.717) is 6.42 Å². The zero-order chi connectivity index (χ0) is 22.6. The number of hydrogen-bond acceptors (Lipinski definition) is 7. The Hall–Kier alpha value is -2.49. The molecule has 0 amide bonds. The Morgan fingerprint density at radius 3 is 2.58 bits per heavy atom. The Bertz CT molecular complexity index is 993. The number of hydrogen-bond donors (Lipinski definition) is 3. The largest absolute Gasteiger partial charge is 0.508 e. The van der Waals surface area contributed by atoms with Crippen LogP contribution in [0.3, 0.4) is 0 Å². The molecule has 0 spiro atoms. The summed E-state index contributed by atoms with van der Waals surface area (Å²) in [5.74, 6) is -0.888. The summed E-state index contributed by atoms with van der Waals surface area (Å²) in [6.07, 6.45) is 6.06. The number of allylic oxidation sites excluding steroid dienone is 3. The molecule has 2 aliphatic rings. The van der Waals surface area contributed by atoms with Crippen molar-refractivity contribution in [2.45, 2.75) is 49.6 Å². The third kappa shape index (κ3) is 5.23. The highest BCUT2D eigenvalue weighted by molar-refractivity contribution is 7.89. The lowest BCUT2D eigenvalue weighted by molar-refractivity contribution is -0.144. The third-order valence-electron chi connectivity index (χ3n) is 5.80. The van der Waals surface area contributed by atoms with Crippen LogP contribution in [0, 0.1) is 12.3 Å². The number of methoxy groups -OCH3 is 1. The molecule has 9 heteroatoms. The molecule has 1 aromatic rings. The van der Waals surface area contributed by atoms with E-state index in [1.807, 2.05) is 6.92 Å². The molecule has 3 rings (SSSR count). The van der Waals surface area contributed by atoms with Crippen LogP contribution in [0.15, 0.2) is 53.1 Å². The van der Waals surface area contributed by atoms with Gasteiger partial charge < -0.3 is 15.2 Å². The summed E-state index contributed by atoms with van der Waals surface area (Å²) in [5.41, 5.74) is -0.251. The van der Waals surface area contributed by atoms with Gasteiger partial charge in [-0.2, -0.15) is 4.72 Å². The highest BCUT2D eigenvalue weighted by atomic mass is 32.2. The van der Waals surface area contributed by atoms with Gasteiger partial charge in [-0.25, -0.2) is 8.42 Å². The van der Waals surface area contributed by atoms with Crippen LogP contribution in [0.4, 0.5) is 0 Å². The number of ketones is 1. The molecule has 0 radical (unpaired) electrons. The average molecular weight is 449 g/mol. The molecule has 1 fully saturated rings. The number of ether oxygens (including phenoxy) is 1. The minimum Gasteiger partial charge on any atom is -0.508 e. The smallest absolute Gasteiger partial charge is 0.323 e. The fourth-order valence-corrected chi connectivity index (χ4v) is 5.19. The molecule has 1 saturated heterocycles. The molecule has 1 aliphatic carbocycles. The van der Waals surface area contributed by atoms with Gasteiger partial charge in [-0.05, 0) is 63.4 Å². The van der Waals surface area contributed by atoms with Crippen molar-refractivity contribution in [1.29, 1.82) is 0 Å². The summed E-state index contributed by atoms with van der Waals surface area (Å²) in [5, 5.41) is 12.9. The number of aliphatic hydroxyl groups is 1. The first-order valence-electron chi connectivity index (χ1n) is 10.2. The van der Waals surface area contributed by atoms with Crippen LogP contribution < -0.4 is 10.0 Å². The molecular formula is C22H28N2O6S. The normalized spacial score (nSPS) is 24.5. The molecule has 168 valence electrons. The lowest BCUT2D eigenvalue weighted by Gasteiger charge is -2.35. The minimum atomic E-state index is -4.03. The average Bonchev–Trinajstić information content (AvgIpc) is 3.29. The molecule has 31 heavy (non-hydrogen) atoms. The Morgan fingerprint density at radius 2 is 2.03 bits per heavy atom. The standard InChI is InChI=1S/C22H28N2O6S/c1-15-5-7-17(8-6-15)31(28,29)24-19(21(27)30-2)14-22(11-9-16(25)10-12-22)20(26)18-4-3-13-23-18/h5-11,18-19,23-25H,3-4,12-14H2,1-2H3/t18-,19?,22?/m0/s1. The van der Waals surface area contributed by atoms with E-state index < -0.39 is 27.4 Å². The lowest BCUT2D eigenvalue weighted by atomic mass is 9.70. The molecule has 0 saturated carbocycles. The fraction of sp³-hybridized carbons (Fsp3) is 0.455. The summed E-state index contributed by atoms with van der Waals surface area (Å²) < 4.78 is 33.1. The van der Waals surface area contributed by atoms with E-state index in [0.717, 1.165) is 18.5 Å². The number of carbonyl (C=O) groups excluding carboxylic acids is 2. The van der Waals surface area contributed by atoms with Crippen molar-refractivity contribution in [3.8, 4) is 0 Å². The van der Waals surface area contributed by atoms with Crippen LogP contribution in [-0.4, -0.2) is 51.0 Å². The van der Waals surface area contributed by atoms with Crippen LogP contribution in [0.5, 0.6) is 0 Å². The van der Waals surface area contributed by atoms with Gasteiger partial charge in [0.2, 0.25) is 10.0 Å². The first-order chi connectivity index (χ1) is 14.7. The monoisotopic (exact) mass is 448 g/mol. The van der Waals surface area contributed by atoms with Gasteiger partial charge >= 0.3 is 5.97 Å². The first-order valence-corrected chi connectivity index (χ1v) is 11.7. The van der Waals surface area contributed by atoms with E-state index in [4.69, 9.17) is 4.74 Å². The minimum absolute atomic E-state index is 0.0153. The van der Waals surface area contributed by atoms with Crippen LogP contribution in [0.2, 0.25) is 0 Å². The van der Waals surface area contributed by atoms with Crippen LogP contribution in [0.1, 0.15) is 31.2 Å². The van der Waals surface area contributed by atoms with E-state index in [1.54, 1.807) is 18.2 Å². The molecule has 8 nitrogen and oxygen atoms in total. The quantitative estimate of drug-likeness (QED) is 0.519. The second-order valence-electron chi connectivity index (χ2n) is 8.05. The summed E-state index contributed by atoms with van der Waals surface area (Å²) in [7, 11) is -2.86. The highest BCUT2D eigenvalue weighted by Gasteiger charge is 2.45. The van der Waals surface area contributed by atoms with Gasteiger partial charge in [0.25, 0.3) is 0 Å². The predicted octanol–water partition coefficient (Wildman–Crippen LogP) is 1.91. The fourth-order valence-electron chi connectivity index (χ4n) is 4.01. The Kier molecular flexibility index (Phi) is 6.98. The second-order valence-corrected chi connectivity index (χ2v) is 9.76. The van der Waals surface area contributed by atoms with Crippen LogP contribution in [0.25, 0.3) is 0 Å². The van der Waals surface area contributed by atoms with Crippen molar-refractivity contribution in [3.63, 3.8) is 0 Å². The summed E-state index contributed by atoms with van der Waals surface area (Å²) >= 11 is 0. The Morgan fingerprint density at radius 1 is 1.32 bits per heavy atom. The SMILES string of the molecule is COC(=O)C(CC1(C(=O)[C@@H]2CCCN2)C=CC(O)=CC1)NS(=O)(=O)c1ccc(C)cc1. The van der Waals surface area contributed by atoms with Crippen molar-refractivity contribution in [1.82, 2.24) is 10.0 Å². The van der Waals surface area contributed by atoms with E-state index in [9.17, 15) is 23.1 Å². The molecule has 0 bridgehead atoms. The first kappa shape index (κ1) is 23.2. The number of aryl methyl sites for hydroxylation is 1. The number of carbonyl (C=O) groups is 2. The van der Waals surface area contributed by atoms with E-state index in [1.165, 1.54) is 31.4 Å². The Balaban J connectivity index is 1.91. The second kappa shape index (κ2) is 9.33. The van der Waals surface area contributed by atoms with E-state index >= 15 is 0 Å². The van der Waals surface area contributed by atoms with Gasteiger partial charge in [-0.3, -0.25) is 9.59 Å². The lowest BCUT2D eigenvalue weighted by Crippen LogP contribution is -2.50. The summed E-state index contributed by atoms with van der Waals surface area (Å²) in [4.78, 5) is 25.9. The molecule has 1 aromatic carbocycles. The van der Waals surface area contributed by atoms with Gasteiger partial charge in [0.1, 0.15) is 11.8 Å². The number of rotatable bonds is 8. The zero-order valence-electron chi connectivity index (χ0n) is 17.6. The molecule has 1 heterocycles. The number of sulfonamides is 1. The van der Waals surface area contributed by atoms with Crippen LogP contribution in [-0.2, 0) is 24.3 Å². The predicted molar refractivity (Wildman–Crippen MR) is 115 cm³/mol. The summed E-state index contributed by atoms with van der Waals surface area (Å²) in [6.45, 7) is 2.56. The number of esters is 1. The van der Waals surface area contributed by atoms with E-state index in [2.05, 4.69) is 10.0 Å². The highest BCUT2D eigenvalue weighted by Crippen LogP contribution is 2.38. The van der Waals surface area contributed by atoms with Crippen LogP contribution >= 0.6 is 0 Å². The van der Waals surface area contributed by atoms with Crippen molar-refractivity contribution in [2.75, 3.05) is 13.7 Å². The summed E-state index contributed by atoms with van der Waals surface area (Å²) in [6, 6.07) is 4.57. The van der Waals surface area contributed by atoms with Gasteiger partial charge in [0.15, 0.2) is 5.78 Å². The van der Waals surface area contributed by atoms with Crippen molar-refractivity contribution in [3.05, 3.63) is 53.8 Å². The molecule has 0 aromatic heterocycles. The van der Waals surface area contributed by atoms with Crippen molar-refractivity contribution >= 4 is 21.8 Å². The van der Waals surface area contributed by atoms with Gasteiger partial charge in [-0.1, -0.05) is 23.8 Å². The van der Waals surface area contributed by atoms with Crippen molar-refractivity contribution < 1.29 is 27.9 Å². The topological polar surface area (TPSA) is 122 Å². The third-order valence-corrected chi connectivity index (χ3v) is 7.29. The molecule has 3 atom stereocenters. The molecule has 3 N–H and O–H groups in total. The van der Waals surface area contributed by atoms with E-state index in [-0.39, 0.29) is 35.3 Å². The van der Waals surface area contributed by atoms with Crippen molar-refractivity contribution in [2.24, 2.45) is 5.41 Å². The number of Topliss-reactive ketones (excluding diaryl/α,β-unsaturated/α-hetero) is 1. The molecular weight excluding hydrogens is 420 g/mol. The van der Waals surface area contributed by atoms with Gasteiger partial charge in [-0.15, -0.1) is 0 Å². The number of aliphatic hydroxyl groups excluding tert-OH is 1. The maximum absolute atomic E-state index is 13.4. The van der Waals surface area contributed by atoms with Gasteiger partial charge in [0, 0.05) is 0 Å². The maximum atomic E-state index is 13.4. The molecule has 2 unspecified atom stereocenters. The zero-order valence-corrected chi connectivity index (χ0v) is 18.4. The Labute approximate surface area is 182 Å². The van der Waals surface area contributed by atoms with Gasteiger partial charge in [0.05, 0.1) is 23.5 Å².